The molecule has 9 heteroatoms. The summed E-state index contributed by atoms with van der Waals surface area (Å²) in [6.45, 7) is 1.12. The number of alkyl halides is 3. The molecule has 1 N–H and O–H groups in total. The maximum Gasteiger partial charge on any atom is 0.389 e. The Hall–Kier alpha value is -1.64. The normalized spacial score (nSPS) is 12.4. The number of benzene rings is 1. The van der Waals surface area contributed by atoms with Crippen molar-refractivity contribution >= 4 is 15.8 Å². The van der Waals surface area contributed by atoms with E-state index in [0.29, 0.717) is 6.07 Å². The fourth-order valence-electron chi connectivity index (χ4n) is 1.67. The third kappa shape index (κ3) is 4.69. The van der Waals surface area contributed by atoms with Crippen LogP contribution in [0.4, 0.5) is 17.6 Å². The van der Waals surface area contributed by atoms with Crippen molar-refractivity contribution in [3.8, 4) is 0 Å². The Morgan fingerprint density at radius 2 is 1.86 bits per heavy atom. The molecule has 0 radical (unpaired) electrons. The number of rotatable bonds is 5. The van der Waals surface area contributed by atoms with Crippen LogP contribution in [0.2, 0.25) is 0 Å². The maximum absolute atomic E-state index is 13.5. The molecule has 0 bridgehead atoms. The highest BCUT2D eigenvalue weighted by atomic mass is 32.2. The molecule has 0 aliphatic heterocycles. The van der Waals surface area contributed by atoms with Gasteiger partial charge in [0.2, 0.25) is 0 Å². The summed E-state index contributed by atoms with van der Waals surface area (Å²) < 4.78 is 73.5. The van der Waals surface area contributed by atoms with Gasteiger partial charge >= 0.3 is 12.1 Å². The second-order valence-corrected chi connectivity index (χ2v) is 6.50. The summed E-state index contributed by atoms with van der Waals surface area (Å²) in [5.74, 6) is -3.40. The minimum atomic E-state index is -4.49. The highest BCUT2D eigenvalue weighted by Crippen LogP contribution is 2.25. The summed E-state index contributed by atoms with van der Waals surface area (Å²) in [5.41, 5.74) is -0.889. The molecule has 0 aliphatic carbocycles. The van der Waals surface area contributed by atoms with Crippen molar-refractivity contribution in [2.45, 2.75) is 30.8 Å². The summed E-state index contributed by atoms with van der Waals surface area (Å²) in [5, 5.41) is 8.76. The van der Waals surface area contributed by atoms with E-state index in [1.807, 2.05) is 0 Å². The van der Waals surface area contributed by atoms with Gasteiger partial charge in [0.05, 0.1) is 16.2 Å². The summed E-state index contributed by atoms with van der Waals surface area (Å²) in [6.07, 6.45) is -6.45. The molecule has 0 saturated heterocycles. The molecule has 0 unspecified atom stereocenters. The zero-order chi connectivity index (χ0) is 16.4. The predicted molar refractivity (Wildman–Crippen MR) is 65.4 cm³/mol. The lowest BCUT2D eigenvalue weighted by atomic mass is 10.1. The van der Waals surface area contributed by atoms with E-state index < -0.39 is 56.9 Å². The number of carboxylic acids is 1. The van der Waals surface area contributed by atoms with Crippen LogP contribution in [0.1, 0.15) is 28.8 Å². The van der Waals surface area contributed by atoms with Crippen molar-refractivity contribution in [3.63, 3.8) is 0 Å². The molecule has 0 saturated carbocycles. The molecule has 0 spiro atoms. The smallest absolute Gasteiger partial charge is 0.389 e. The van der Waals surface area contributed by atoms with E-state index in [1.54, 1.807) is 0 Å². The average molecular weight is 328 g/mol. The molecular formula is C12H12F4O4S. The molecule has 118 valence electrons. The monoisotopic (exact) mass is 328 g/mol. The van der Waals surface area contributed by atoms with E-state index in [1.165, 1.54) is 0 Å². The first kappa shape index (κ1) is 17.4. The van der Waals surface area contributed by atoms with Crippen molar-refractivity contribution in [3.05, 3.63) is 29.1 Å². The summed E-state index contributed by atoms with van der Waals surface area (Å²) in [7, 11) is -4.20. The highest BCUT2D eigenvalue weighted by molar-refractivity contribution is 7.91. The standard InChI is InChI=1S/C12H12F4O4S/c1-7-9(13)5-8(11(17)18)6-10(7)21(19,20)4-2-3-12(14,15)16/h5-6H,2-4H2,1H3,(H,17,18). The van der Waals surface area contributed by atoms with E-state index in [2.05, 4.69) is 0 Å². The van der Waals surface area contributed by atoms with Gasteiger partial charge < -0.3 is 5.11 Å². The molecule has 0 atom stereocenters. The van der Waals surface area contributed by atoms with E-state index in [-0.39, 0.29) is 5.56 Å². The van der Waals surface area contributed by atoms with E-state index in [4.69, 9.17) is 5.11 Å². The number of hydrogen-bond donors (Lipinski definition) is 1. The van der Waals surface area contributed by atoms with Crippen LogP contribution >= 0.6 is 0 Å². The fraction of sp³-hybridized carbons (Fsp3) is 0.417. The van der Waals surface area contributed by atoms with E-state index in [0.717, 1.165) is 13.0 Å². The first-order chi connectivity index (χ1) is 9.44. The van der Waals surface area contributed by atoms with Gasteiger partial charge in [0, 0.05) is 12.0 Å². The minimum absolute atomic E-state index is 0.313. The van der Waals surface area contributed by atoms with Crippen LogP contribution in [-0.4, -0.2) is 31.4 Å². The molecule has 0 aliphatic rings. The number of aromatic carboxylic acids is 1. The fourth-order valence-corrected chi connectivity index (χ4v) is 3.29. The van der Waals surface area contributed by atoms with Crippen molar-refractivity contribution in [1.82, 2.24) is 0 Å². The molecular weight excluding hydrogens is 316 g/mol. The Kier molecular flexibility index (Phi) is 4.98. The molecule has 0 fully saturated rings. The van der Waals surface area contributed by atoms with Gasteiger partial charge in [-0.25, -0.2) is 17.6 Å². The molecule has 0 aromatic heterocycles. The van der Waals surface area contributed by atoms with Crippen molar-refractivity contribution in [1.29, 1.82) is 0 Å². The largest absolute Gasteiger partial charge is 0.478 e. The van der Waals surface area contributed by atoms with Gasteiger partial charge in [-0.1, -0.05) is 0 Å². The number of carboxylic acid groups (broad SMARTS) is 1. The lowest BCUT2D eigenvalue weighted by molar-refractivity contribution is -0.134. The van der Waals surface area contributed by atoms with Gasteiger partial charge in [0.25, 0.3) is 0 Å². The minimum Gasteiger partial charge on any atom is -0.478 e. The Labute approximate surface area is 118 Å². The molecule has 1 aromatic rings. The second kappa shape index (κ2) is 6.00. The Bertz CT molecular complexity index is 650. The number of carbonyl (C=O) groups is 1. The third-order valence-corrected chi connectivity index (χ3v) is 4.67. The van der Waals surface area contributed by atoms with E-state index in [9.17, 15) is 30.8 Å². The number of hydrogen-bond acceptors (Lipinski definition) is 3. The topological polar surface area (TPSA) is 71.4 Å². The third-order valence-electron chi connectivity index (χ3n) is 2.75. The van der Waals surface area contributed by atoms with Crippen LogP contribution in [0.5, 0.6) is 0 Å². The molecule has 1 rings (SSSR count). The summed E-state index contributed by atoms with van der Waals surface area (Å²) in [6, 6.07) is 1.41. The maximum atomic E-state index is 13.5. The van der Waals surface area contributed by atoms with Gasteiger partial charge in [-0.3, -0.25) is 0 Å². The van der Waals surface area contributed by atoms with Crippen molar-refractivity contribution in [2.24, 2.45) is 0 Å². The van der Waals surface area contributed by atoms with Crippen LogP contribution in [0, 0.1) is 12.7 Å². The van der Waals surface area contributed by atoms with Crippen LogP contribution in [-0.2, 0) is 9.84 Å². The highest BCUT2D eigenvalue weighted by Gasteiger charge is 2.29. The molecule has 21 heavy (non-hydrogen) atoms. The zero-order valence-electron chi connectivity index (χ0n) is 10.9. The van der Waals surface area contributed by atoms with Gasteiger partial charge in [-0.05, 0) is 25.5 Å². The van der Waals surface area contributed by atoms with Gasteiger partial charge in [0.15, 0.2) is 9.84 Å². The lowest BCUT2D eigenvalue weighted by Gasteiger charge is -2.10. The SMILES string of the molecule is Cc1c(F)cc(C(=O)O)cc1S(=O)(=O)CCCC(F)(F)F. The quantitative estimate of drug-likeness (QED) is 0.844. The van der Waals surface area contributed by atoms with Crippen LogP contribution in [0.15, 0.2) is 17.0 Å². The molecule has 0 amide bonds. The Morgan fingerprint density at radius 1 is 1.29 bits per heavy atom. The summed E-state index contributed by atoms with van der Waals surface area (Å²) >= 11 is 0. The van der Waals surface area contributed by atoms with Crippen molar-refractivity contribution in [2.75, 3.05) is 5.75 Å². The van der Waals surface area contributed by atoms with Crippen LogP contribution in [0.3, 0.4) is 0 Å². The molecule has 1 aromatic carbocycles. The predicted octanol–water partition coefficient (Wildman–Crippen LogP) is 2.95. The average Bonchev–Trinajstić information content (AvgIpc) is 2.29. The van der Waals surface area contributed by atoms with E-state index >= 15 is 0 Å². The zero-order valence-corrected chi connectivity index (χ0v) is 11.7. The molecule has 4 nitrogen and oxygen atoms in total. The lowest BCUT2D eigenvalue weighted by Crippen LogP contribution is -2.15. The van der Waals surface area contributed by atoms with Crippen LogP contribution < -0.4 is 0 Å². The number of halogens is 4. The Balaban J connectivity index is 3.11. The first-order valence-corrected chi connectivity index (χ1v) is 7.42. The summed E-state index contributed by atoms with van der Waals surface area (Å²) in [4.78, 5) is 10.2. The molecule has 0 heterocycles. The first-order valence-electron chi connectivity index (χ1n) is 5.77. The van der Waals surface area contributed by atoms with Gasteiger partial charge in [-0.15, -0.1) is 0 Å². The Morgan fingerprint density at radius 3 is 2.33 bits per heavy atom. The van der Waals surface area contributed by atoms with Gasteiger partial charge in [0.1, 0.15) is 5.82 Å². The van der Waals surface area contributed by atoms with Crippen molar-refractivity contribution < 1.29 is 35.9 Å². The number of sulfone groups is 1. The second-order valence-electron chi connectivity index (χ2n) is 4.42. The van der Waals surface area contributed by atoms with Gasteiger partial charge in [-0.2, -0.15) is 13.2 Å². The van der Waals surface area contributed by atoms with Crippen LogP contribution in [0.25, 0.3) is 0 Å².